The molecule has 0 atom stereocenters. The molecule has 3 rings (SSSR count). The van der Waals surface area contributed by atoms with Gasteiger partial charge in [-0.2, -0.15) is 0 Å². The Balaban J connectivity index is 1.84. The Morgan fingerprint density at radius 2 is 1.97 bits per heavy atom. The van der Waals surface area contributed by atoms with Crippen molar-refractivity contribution in [1.29, 1.82) is 0 Å². The Labute approximate surface area is 181 Å². The van der Waals surface area contributed by atoms with Gasteiger partial charge in [0.05, 0.1) is 18.1 Å². The van der Waals surface area contributed by atoms with Crippen LogP contribution in [-0.2, 0) is 11.3 Å². The van der Waals surface area contributed by atoms with Crippen molar-refractivity contribution in [2.45, 2.75) is 6.54 Å². The van der Waals surface area contributed by atoms with E-state index in [9.17, 15) is 9.59 Å². The quantitative estimate of drug-likeness (QED) is 0.354. The van der Waals surface area contributed by atoms with Gasteiger partial charge in [0.1, 0.15) is 12.3 Å². The maximum atomic E-state index is 12.7. The maximum absolute atomic E-state index is 12.7. The van der Waals surface area contributed by atoms with Gasteiger partial charge in [-0.15, -0.1) is 0 Å². The Bertz CT molecular complexity index is 989. The third-order valence-electron chi connectivity index (χ3n) is 4.12. The van der Waals surface area contributed by atoms with E-state index < -0.39 is 11.9 Å². The van der Waals surface area contributed by atoms with E-state index in [2.05, 4.69) is 27.8 Å². The van der Waals surface area contributed by atoms with E-state index in [1.807, 2.05) is 0 Å². The van der Waals surface area contributed by atoms with Crippen molar-refractivity contribution in [2.24, 2.45) is 0 Å². The van der Waals surface area contributed by atoms with Crippen LogP contribution in [0.3, 0.4) is 0 Å². The van der Waals surface area contributed by atoms with Gasteiger partial charge in [-0.1, -0.05) is 36.4 Å². The fourth-order valence-corrected chi connectivity index (χ4v) is 3.46. The molecule has 0 saturated carbocycles. The third-order valence-corrected chi connectivity index (χ3v) is 4.97. The highest BCUT2D eigenvalue weighted by Gasteiger charge is 2.33. The smallest absolute Gasteiger partial charge is 0.329 e. The Morgan fingerprint density at radius 1 is 1.24 bits per heavy atom. The molecule has 1 fully saturated rings. The molecule has 0 aliphatic carbocycles. The number of methoxy groups -OCH3 is 1. The number of carbonyl (C=O) groups excluding carboxylic acids is 2. The molecule has 29 heavy (non-hydrogen) atoms. The number of hydrogen-bond donors (Lipinski definition) is 1. The summed E-state index contributed by atoms with van der Waals surface area (Å²) in [6.07, 6.45) is 3.22. The molecule has 2 aromatic rings. The van der Waals surface area contributed by atoms with Crippen molar-refractivity contribution < 1.29 is 19.1 Å². The Morgan fingerprint density at radius 3 is 2.62 bits per heavy atom. The Hall–Kier alpha value is -2.77. The summed E-state index contributed by atoms with van der Waals surface area (Å²) in [5.41, 5.74) is 1.64. The summed E-state index contributed by atoms with van der Waals surface area (Å²) in [7, 11) is 1.52. The van der Waals surface area contributed by atoms with E-state index in [0.717, 1.165) is 10.5 Å². The molecule has 1 aliphatic heterocycles. The molecule has 150 valence electrons. The molecule has 2 aromatic carbocycles. The van der Waals surface area contributed by atoms with Crippen LogP contribution < -0.4 is 14.8 Å². The molecule has 0 unspecified atom stereocenters. The summed E-state index contributed by atoms with van der Waals surface area (Å²) in [5, 5.41) is 3.20. The second-order valence-corrected chi connectivity index (χ2v) is 7.43. The minimum absolute atomic E-state index is 0.153. The molecule has 6 nitrogen and oxygen atoms in total. The molecular formula is C21H18BrClN2O4. The number of urea groups is 1. The zero-order valence-electron chi connectivity index (χ0n) is 15.6. The van der Waals surface area contributed by atoms with Crippen LogP contribution in [0.25, 0.3) is 6.08 Å². The zero-order chi connectivity index (χ0) is 21.0. The van der Waals surface area contributed by atoms with Gasteiger partial charge in [0.2, 0.25) is 0 Å². The van der Waals surface area contributed by atoms with E-state index in [0.29, 0.717) is 33.2 Å². The molecule has 1 heterocycles. The molecule has 1 aliphatic rings. The minimum atomic E-state index is -0.479. The van der Waals surface area contributed by atoms with Gasteiger partial charge in [0, 0.05) is 5.02 Å². The number of carbonyl (C=O) groups is 2. The summed E-state index contributed by atoms with van der Waals surface area (Å²) < 4.78 is 11.6. The molecule has 0 spiro atoms. The maximum Gasteiger partial charge on any atom is 0.329 e. The normalized spacial score (nSPS) is 14.9. The van der Waals surface area contributed by atoms with Crippen LogP contribution in [0.2, 0.25) is 5.02 Å². The lowest BCUT2D eigenvalue weighted by molar-refractivity contribution is -0.123. The van der Waals surface area contributed by atoms with Crippen molar-refractivity contribution >= 4 is 45.5 Å². The summed E-state index contributed by atoms with van der Waals surface area (Å²) in [5.74, 6) is 0.607. The molecule has 8 heteroatoms. The van der Waals surface area contributed by atoms with E-state index >= 15 is 0 Å². The van der Waals surface area contributed by atoms with Crippen LogP contribution in [-0.4, -0.2) is 30.6 Å². The van der Waals surface area contributed by atoms with Crippen LogP contribution in [0.4, 0.5) is 4.79 Å². The van der Waals surface area contributed by atoms with Crippen molar-refractivity contribution in [1.82, 2.24) is 10.2 Å². The number of nitrogens with one attached hydrogen (secondary N) is 1. The molecule has 1 N–H and O–H groups in total. The summed E-state index contributed by atoms with van der Waals surface area (Å²) in [6, 6.07) is 9.99. The summed E-state index contributed by atoms with van der Waals surface area (Å²) in [6.45, 7) is 4.10. The highest BCUT2D eigenvalue weighted by Crippen LogP contribution is 2.37. The van der Waals surface area contributed by atoms with Gasteiger partial charge in [-0.3, -0.25) is 9.69 Å². The van der Waals surface area contributed by atoms with Crippen LogP contribution in [0.1, 0.15) is 11.1 Å². The fraction of sp³-hybridized carbons (Fsp3) is 0.143. The number of nitrogens with zero attached hydrogens (tertiary/aromatic N) is 1. The first kappa shape index (κ1) is 21.0. The number of benzene rings is 2. The topological polar surface area (TPSA) is 67.9 Å². The van der Waals surface area contributed by atoms with E-state index in [1.54, 1.807) is 48.6 Å². The number of halogens is 2. The van der Waals surface area contributed by atoms with E-state index in [1.165, 1.54) is 7.11 Å². The van der Waals surface area contributed by atoms with Crippen molar-refractivity contribution in [2.75, 3.05) is 13.7 Å². The van der Waals surface area contributed by atoms with Gasteiger partial charge < -0.3 is 14.8 Å². The van der Waals surface area contributed by atoms with Gasteiger partial charge in [0.25, 0.3) is 5.91 Å². The predicted octanol–water partition coefficient (Wildman–Crippen LogP) is 4.77. The highest BCUT2D eigenvalue weighted by molar-refractivity contribution is 9.10. The van der Waals surface area contributed by atoms with Crippen LogP contribution >= 0.6 is 27.5 Å². The summed E-state index contributed by atoms with van der Waals surface area (Å²) >= 11 is 9.32. The molecular weight excluding hydrogens is 460 g/mol. The van der Waals surface area contributed by atoms with Gasteiger partial charge in [-0.05, 0) is 57.4 Å². The largest absolute Gasteiger partial charge is 0.493 e. The van der Waals surface area contributed by atoms with Crippen molar-refractivity contribution in [3.8, 4) is 11.5 Å². The third kappa shape index (κ3) is 4.81. The SMILES string of the molecule is C=CCOc1c(Br)cc(/C=C2\NC(=O)N(Cc3ccc(Cl)cc3)C2=O)cc1OC. The lowest BCUT2D eigenvalue weighted by Gasteiger charge is -2.13. The average Bonchev–Trinajstić information content (AvgIpc) is 2.95. The zero-order valence-corrected chi connectivity index (χ0v) is 17.9. The van der Waals surface area contributed by atoms with Crippen LogP contribution in [0.15, 0.2) is 59.2 Å². The van der Waals surface area contributed by atoms with E-state index in [-0.39, 0.29) is 12.2 Å². The lowest BCUT2D eigenvalue weighted by atomic mass is 10.1. The predicted molar refractivity (Wildman–Crippen MR) is 115 cm³/mol. The molecule has 1 saturated heterocycles. The van der Waals surface area contributed by atoms with Crippen LogP contribution in [0, 0.1) is 0 Å². The number of amides is 3. The highest BCUT2D eigenvalue weighted by atomic mass is 79.9. The van der Waals surface area contributed by atoms with Gasteiger partial charge in [0.15, 0.2) is 11.5 Å². The van der Waals surface area contributed by atoms with Crippen molar-refractivity contribution in [3.63, 3.8) is 0 Å². The van der Waals surface area contributed by atoms with Crippen LogP contribution in [0.5, 0.6) is 11.5 Å². The first-order chi connectivity index (χ1) is 13.9. The monoisotopic (exact) mass is 476 g/mol. The number of ether oxygens (including phenoxy) is 2. The first-order valence-electron chi connectivity index (χ1n) is 8.63. The number of rotatable bonds is 7. The van der Waals surface area contributed by atoms with Crippen molar-refractivity contribution in [3.05, 3.63) is 75.4 Å². The first-order valence-corrected chi connectivity index (χ1v) is 9.80. The van der Waals surface area contributed by atoms with Gasteiger partial charge in [-0.25, -0.2) is 4.79 Å². The minimum Gasteiger partial charge on any atom is -0.493 e. The molecule has 0 bridgehead atoms. The number of hydrogen-bond acceptors (Lipinski definition) is 4. The molecule has 0 aromatic heterocycles. The fourth-order valence-electron chi connectivity index (χ4n) is 2.76. The van der Waals surface area contributed by atoms with E-state index in [4.69, 9.17) is 21.1 Å². The van der Waals surface area contributed by atoms with Gasteiger partial charge >= 0.3 is 6.03 Å². The lowest BCUT2D eigenvalue weighted by Crippen LogP contribution is -2.30. The molecule has 3 amide bonds. The average molecular weight is 478 g/mol. The Kier molecular flexibility index (Phi) is 6.61. The molecule has 0 radical (unpaired) electrons. The number of imide groups is 1. The standard InChI is InChI=1S/C21H18BrClN2O4/c1-3-8-29-19-16(22)9-14(11-18(19)28-2)10-17-20(26)25(21(27)24-17)12-13-4-6-15(23)7-5-13/h3-7,9-11H,1,8,12H2,2H3,(H,24,27)/b17-10-. The second kappa shape index (κ2) is 9.15. The second-order valence-electron chi connectivity index (χ2n) is 6.14. The summed E-state index contributed by atoms with van der Waals surface area (Å²) in [4.78, 5) is 26.1.